The zero-order valence-electron chi connectivity index (χ0n) is 18.3. The number of nitrogens with one attached hydrogen (secondary N) is 2. The Balaban J connectivity index is 1.89. The molecule has 176 valence electrons. The van der Waals surface area contributed by atoms with Crippen LogP contribution in [0.25, 0.3) is 0 Å². The van der Waals surface area contributed by atoms with Crippen molar-refractivity contribution in [2.24, 2.45) is 0 Å². The van der Waals surface area contributed by atoms with Crippen LogP contribution >= 0.6 is 11.3 Å². The molecule has 2 amide bonds. The van der Waals surface area contributed by atoms with Gasteiger partial charge in [-0.05, 0) is 42.6 Å². The highest BCUT2D eigenvalue weighted by atomic mass is 32.2. The van der Waals surface area contributed by atoms with Crippen molar-refractivity contribution in [1.29, 1.82) is 5.26 Å². The highest BCUT2D eigenvalue weighted by Crippen LogP contribution is 2.22. The fourth-order valence-corrected chi connectivity index (χ4v) is 4.94. The summed E-state index contributed by atoms with van der Waals surface area (Å²) < 4.78 is 31.3. The number of sulfonamides is 1. The van der Waals surface area contributed by atoms with Crippen molar-refractivity contribution in [3.63, 3.8) is 0 Å². The summed E-state index contributed by atoms with van der Waals surface area (Å²) in [6, 6.07) is 8.84. The van der Waals surface area contributed by atoms with E-state index in [0.29, 0.717) is 23.7 Å². The molecule has 0 bridgehead atoms. The van der Waals surface area contributed by atoms with E-state index in [1.54, 1.807) is 25.3 Å². The number of esters is 1. The second-order valence-electron chi connectivity index (χ2n) is 6.69. The average molecular weight is 493 g/mol. The van der Waals surface area contributed by atoms with Crippen LogP contribution in [0.15, 0.2) is 40.6 Å². The molecule has 1 heterocycles. The van der Waals surface area contributed by atoms with E-state index in [2.05, 4.69) is 10.6 Å². The van der Waals surface area contributed by atoms with Gasteiger partial charge in [-0.25, -0.2) is 8.42 Å². The number of benzene rings is 1. The molecule has 0 aliphatic carbocycles. The molecule has 2 aromatic rings. The maximum Gasteiger partial charge on any atom is 0.326 e. The summed E-state index contributed by atoms with van der Waals surface area (Å²) in [6.45, 7) is 5.00. The predicted molar refractivity (Wildman–Crippen MR) is 122 cm³/mol. The van der Waals surface area contributed by atoms with Crippen LogP contribution in [-0.4, -0.2) is 56.2 Å². The molecule has 0 saturated heterocycles. The van der Waals surface area contributed by atoms with Gasteiger partial charge in [-0.1, -0.05) is 13.8 Å². The molecule has 1 atom stereocenters. The van der Waals surface area contributed by atoms with E-state index in [4.69, 9.17) is 10.00 Å². The molecule has 2 rings (SSSR count). The van der Waals surface area contributed by atoms with E-state index in [1.165, 1.54) is 35.5 Å². The molecule has 0 saturated carbocycles. The first-order chi connectivity index (χ1) is 15.6. The Bertz CT molecular complexity index is 1150. The predicted octanol–water partition coefficient (Wildman–Crippen LogP) is 1.95. The number of ether oxygens (including phenoxy) is 1. The molecule has 0 aliphatic heterocycles. The van der Waals surface area contributed by atoms with Crippen LogP contribution in [-0.2, 0) is 24.3 Å². The van der Waals surface area contributed by atoms with Crippen LogP contribution in [0.2, 0.25) is 0 Å². The van der Waals surface area contributed by atoms with Gasteiger partial charge in [-0.15, -0.1) is 11.3 Å². The van der Waals surface area contributed by atoms with Gasteiger partial charge in [0, 0.05) is 18.7 Å². The molecule has 1 aromatic carbocycles. The summed E-state index contributed by atoms with van der Waals surface area (Å²) in [4.78, 5) is 36.5. The Labute approximate surface area is 196 Å². The van der Waals surface area contributed by atoms with E-state index in [9.17, 15) is 22.8 Å². The summed E-state index contributed by atoms with van der Waals surface area (Å²) in [6.07, 6.45) is -1.15. The first kappa shape index (κ1) is 26.0. The molecule has 12 heteroatoms. The van der Waals surface area contributed by atoms with Crippen molar-refractivity contribution in [2.45, 2.75) is 31.8 Å². The molecule has 10 nitrogen and oxygen atoms in total. The molecule has 0 spiro atoms. The van der Waals surface area contributed by atoms with Gasteiger partial charge in [-0.2, -0.15) is 9.57 Å². The molecule has 1 aromatic heterocycles. The number of carbonyl (C=O) groups is 3. The topological polar surface area (TPSA) is 146 Å². The van der Waals surface area contributed by atoms with E-state index in [0.717, 1.165) is 11.3 Å². The van der Waals surface area contributed by atoms with Gasteiger partial charge in [0.15, 0.2) is 6.10 Å². The number of hydrogen-bond donors (Lipinski definition) is 2. The largest absolute Gasteiger partial charge is 0.451 e. The Morgan fingerprint density at radius 3 is 2.36 bits per heavy atom. The monoisotopic (exact) mass is 492 g/mol. The molecule has 0 radical (unpaired) electrons. The summed E-state index contributed by atoms with van der Waals surface area (Å²) in [5.41, 5.74) is 0.462. The SMILES string of the molecule is CCN(CC)S(=O)(=O)c1ccc(C(=O)NCC(=O)OC(C)C(=O)Nc2sccc2C#N)cc1. The first-order valence-electron chi connectivity index (χ1n) is 10.00. The van der Waals surface area contributed by atoms with Crippen LogP contribution < -0.4 is 10.6 Å². The quantitative estimate of drug-likeness (QED) is 0.482. The number of nitriles is 1. The lowest BCUT2D eigenvalue weighted by atomic mass is 10.2. The molecule has 1 unspecified atom stereocenters. The van der Waals surface area contributed by atoms with Crippen molar-refractivity contribution < 1.29 is 27.5 Å². The number of thiophene rings is 1. The van der Waals surface area contributed by atoms with Crippen LogP contribution in [0.5, 0.6) is 0 Å². The Kier molecular flexibility index (Phi) is 9.10. The van der Waals surface area contributed by atoms with Gasteiger partial charge in [0.05, 0.1) is 10.5 Å². The minimum absolute atomic E-state index is 0.0623. The minimum atomic E-state index is -3.64. The Hall–Kier alpha value is -3.27. The molecular formula is C21H24N4O6S2. The lowest BCUT2D eigenvalue weighted by Gasteiger charge is -2.18. The fraction of sp³-hybridized carbons (Fsp3) is 0.333. The standard InChI is InChI=1S/C21H24N4O6S2/c1-4-25(5-2)33(29,30)17-8-6-15(7-9-17)20(28)23-13-18(26)31-14(3)19(27)24-21-16(12-22)10-11-32-21/h6-11,14H,4-5,13H2,1-3H3,(H,23,28)(H,24,27). The van der Waals surface area contributed by atoms with E-state index in [-0.39, 0.29) is 10.5 Å². The van der Waals surface area contributed by atoms with Gasteiger partial charge in [0.1, 0.15) is 17.6 Å². The van der Waals surface area contributed by atoms with Crippen LogP contribution in [0.4, 0.5) is 5.00 Å². The number of carbonyl (C=O) groups excluding carboxylic acids is 3. The van der Waals surface area contributed by atoms with E-state index in [1.807, 2.05) is 6.07 Å². The smallest absolute Gasteiger partial charge is 0.326 e. The van der Waals surface area contributed by atoms with Crippen molar-refractivity contribution in [2.75, 3.05) is 25.0 Å². The van der Waals surface area contributed by atoms with Crippen molar-refractivity contribution in [3.8, 4) is 6.07 Å². The Morgan fingerprint density at radius 2 is 1.79 bits per heavy atom. The lowest BCUT2D eigenvalue weighted by Crippen LogP contribution is -2.35. The van der Waals surface area contributed by atoms with Crippen LogP contribution in [0.1, 0.15) is 36.7 Å². The number of amides is 2. The maximum atomic E-state index is 12.5. The lowest BCUT2D eigenvalue weighted by molar-refractivity contribution is -0.152. The summed E-state index contributed by atoms with van der Waals surface area (Å²) >= 11 is 1.16. The first-order valence-corrected chi connectivity index (χ1v) is 12.3. The second kappa shape index (κ2) is 11.6. The highest BCUT2D eigenvalue weighted by Gasteiger charge is 2.22. The summed E-state index contributed by atoms with van der Waals surface area (Å²) in [5.74, 6) is -2.05. The maximum absolute atomic E-state index is 12.5. The number of rotatable bonds is 10. The highest BCUT2D eigenvalue weighted by molar-refractivity contribution is 7.89. The minimum Gasteiger partial charge on any atom is -0.451 e. The normalized spacial score (nSPS) is 12.0. The second-order valence-corrected chi connectivity index (χ2v) is 9.55. The zero-order valence-corrected chi connectivity index (χ0v) is 20.0. The van der Waals surface area contributed by atoms with Gasteiger partial charge >= 0.3 is 5.97 Å². The molecule has 0 aliphatic rings. The third-order valence-electron chi connectivity index (χ3n) is 4.55. The van der Waals surface area contributed by atoms with Crippen molar-refractivity contribution in [1.82, 2.24) is 9.62 Å². The third kappa shape index (κ3) is 6.61. The number of anilines is 1. The average Bonchev–Trinajstić information content (AvgIpc) is 3.25. The van der Waals surface area contributed by atoms with Gasteiger partial charge in [-0.3, -0.25) is 14.4 Å². The molecule has 2 N–H and O–H groups in total. The van der Waals surface area contributed by atoms with Crippen molar-refractivity contribution in [3.05, 3.63) is 46.8 Å². The zero-order chi connectivity index (χ0) is 24.6. The Morgan fingerprint density at radius 1 is 1.15 bits per heavy atom. The summed E-state index contributed by atoms with van der Waals surface area (Å²) in [5, 5.41) is 15.8. The number of nitrogens with zero attached hydrogens (tertiary/aromatic N) is 2. The van der Waals surface area contributed by atoms with E-state index >= 15 is 0 Å². The fourth-order valence-electron chi connectivity index (χ4n) is 2.75. The van der Waals surface area contributed by atoms with Gasteiger partial charge < -0.3 is 15.4 Å². The molecular weight excluding hydrogens is 468 g/mol. The molecule has 33 heavy (non-hydrogen) atoms. The third-order valence-corrected chi connectivity index (χ3v) is 7.45. The molecule has 0 fully saturated rings. The summed E-state index contributed by atoms with van der Waals surface area (Å²) in [7, 11) is -3.64. The van der Waals surface area contributed by atoms with Gasteiger partial charge in [0.25, 0.3) is 11.8 Å². The van der Waals surface area contributed by atoms with Crippen LogP contribution in [0.3, 0.4) is 0 Å². The number of hydrogen-bond acceptors (Lipinski definition) is 8. The van der Waals surface area contributed by atoms with Crippen molar-refractivity contribution >= 4 is 44.1 Å². The van der Waals surface area contributed by atoms with Crippen LogP contribution in [0, 0.1) is 11.3 Å². The van der Waals surface area contributed by atoms with Gasteiger partial charge in [0.2, 0.25) is 10.0 Å². The van der Waals surface area contributed by atoms with E-state index < -0.39 is 40.5 Å².